The van der Waals surface area contributed by atoms with Gasteiger partial charge in [-0.25, -0.2) is 0 Å². The number of unbranched alkanes of at least 4 members (excludes halogenated alkanes) is 5. The number of allylic oxidation sites excluding steroid dienone is 1. The van der Waals surface area contributed by atoms with Crippen molar-refractivity contribution in [2.24, 2.45) is 0 Å². The Morgan fingerprint density at radius 2 is 1.26 bits per heavy atom. The van der Waals surface area contributed by atoms with Crippen LogP contribution in [0, 0.1) is 0 Å². The van der Waals surface area contributed by atoms with Crippen LogP contribution in [0.2, 0.25) is 0 Å². The molecule has 0 N–H and O–H groups in total. The van der Waals surface area contributed by atoms with E-state index in [4.69, 9.17) is 0 Å². The number of Topliss-reactive ketones (excluding diaryl/α,β-unsaturated/α-hetero) is 1. The van der Waals surface area contributed by atoms with Crippen molar-refractivity contribution in [2.75, 3.05) is 0 Å². The van der Waals surface area contributed by atoms with Gasteiger partial charge in [0.1, 0.15) is 5.78 Å². The van der Waals surface area contributed by atoms with Gasteiger partial charge in [0.25, 0.3) is 0 Å². The van der Waals surface area contributed by atoms with Crippen molar-refractivity contribution in [3.05, 3.63) is 12.7 Å². The van der Waals surface area contributed by atoms with Crippen LogP contribution in [0.25, 0.3) is 0 Å². The maximum atomic E-state index is 11.0. The van der Waals surface area contributed by atoms with Gasteiger partial charge in [0, 0.05) is 12.8 Å². The Morgan fingerprint density at radius 3 is 1.63 bits per heavy atom. The molecular weight excluding hydrogens is 232 g/mol. The molecule has 0 saturated carbocycles. The topological polar surface area (TPSA) is 17.1 Å². The van der Waals surface area contributed by atoms with Gasteiger partial charge in [-0.15, -0.1) is 6.58 Å². The van der Waals surface area contributed by atoms with Gasteiger partial charge >= 0.3 is 0 Å². The molecule has 0 rings (SSSR count). The zero-order chi connectivity index (χ0) is 15.4. The first-order chi connectivity index (χ1) is 9.22. The Bertz CT molecular complexity index is 157. The minimum atomic E-state index is 0.387. The van der Waals surface area contributed by atoms with E-state index in [1.807, 2.05) is 13.8 Å². The van der Waals surface area contributed by atoms with Crippen LogP contribution in [0.1, 0.15) is 98.8 Å². The van der Waals surface area contributed by atoms with E-state index in [1.165, 1.54) is 38.5 Å². The number of hydrogen-bond acceptors (Lipinski definition) is 1. The Labute approximate surface area is 122 Å². The van der Waals surface area contributed by atoms with Crippen LogP contribution in [0.4, 0.5) is 0 Å². The number of carbonyl (C=O) groups is 1. The SMILES string of the molecule is C=CCCC(=O)CCCCC.CC.CCCCCC. The summed E-state index contributed by atoms with van der Waals surface area (Å²) in [7, 11) is 0. The van der Waals surface area contributed by atoms with E-state index in [9.17, 15) is 4.79 Å². The van der Waals surface area contributed by atoms with Crippen LogP contribution in [0.3, 0.4) is 0 Å². The van der Waals surface area contributed by atoms with Gasteiger partial charge in [-0.05, 0) is 12.8 Å². The maximum absolute atomic E-state index is 11.0. The summed E-state index contributed by atoms with van der Waals surface area (Å²) in [6, 6.07) is 0. The standard InChI is InChI=1S/C10H18O.C6H14.C2H6/c1-3-5-7-9-10(11)8-6-4-2;1-3-5-6-4-2;1-2/h4H,2-3,5-9H2,1H3;3-6H2,1-2H3;1-2H3. The molecule has 0 aromatic heterocycles. The molecule has 0 bridgehead atoms. The first-order valence-corrected chi connectivity index (χ1v) is 8.35. The summed E-state index contributed by atoms with van der Waals surface area (Å²) in [5.74, 6) is 0.387. The second-order valence-corrected chi connectivity index (χ2v) is 4.53. The van der Waals surface area contributed by atoms with E-state index in [0.717, 1.165) is 19.3 Å². The first kappa shape index (κ1) is 23.5. The summed E-state index contributed by atoms with van der Waals surface area (Å²) in [6.45, 7) is 14.2. The molecule has 0 aliphatic heterocycles. The normalized spacial score (nSPS) is 8.68. The van der Waals surface area contributed by atoms with Gasteiger partial charge < -0.3 is 0 Å². The van der Waals surface area contributed by atoms with E-state index in [1.54, 1.807) is 6.08 Å². The highest BCUT2D eigenvalue weighted by Crippen LogP contribution is 2.03. The second-order valence-electron chi connectivity index (χ2n) is 4.53. The highest BCUT2D eigenvalue weighted by Gasteiger charge is 1.98. The number of carbonyl (C=O) groups excluding carboxylic acids is 1. The van der Waals surface area contributed by atoms with Gasteiger partial charge in [0.05, 0.1) is 0 Å². The molecule has 0 amide bonds. The minimum absolute atomic E-state index is 0.387. The smallest absolute Gasteiger partial charge is 0.133 e. The lowest BCUT2D eigenvalue weighted by atomic mass is 10.1. The molecule has 0 aliphatic carbocycles. The van der Waals surface area contributed by atoms with Crippen LogP contribution in [0.5, 0.6) is 0 Å². The molecule has 0 fully saturated rings. The quantitative estimate of drug-likeness (QED) is 0.318. The van der Waals surface area contributed by atoms with E-state index in [0.29, 0.717) is 12.2 Å². The van der Waals surface area contributed by atoms with E-state index in [2.05, 4.69) is 27.4 Å². The lowest BCUT2D eigenvalue weighted by Gasteiger charge is -1.96. The Kier molecular flexibility index (Phi) is 32.2. The van der Waals surface area contributed by atoms with Crippen molar-refractivity contribution in [2.45, 2.75) is 98.8 Å². The molecule has 1 heteroatoms. The van der Waals surface area contributed by atoms with Gasteiger partial charge in [0.2, 0.25) is 0 Å². The van der Waals surface area contributed by atoms with Gasteiger partial charge in [-0.2, -0.15) is 0 Å². The molecule has 19 heavy (non-hydrogen) atoms. The molecule has 1 nitrogen and oxygen atoms in total. The van der Waals surface area contributed by atoms with Crippen molar-refractivity contribution < 1.29 is 4.79 Å². The van der Waals surface area contributed by atoms with Crippen molar-refractivity contribution >= 4 is 5.78 Å². The van der Waals surface area contributed by atoms with Crippen LogP contribution < -0.4 is 0 Å². The van der Waals surface area contributed by atoms with E-state index >= 15 is 0 Å². The first-order valence-electron chi connectivity index (χ1n) is 8.35. The van der Waals surface area contributed by atoms with Crippen LogP contribution >= 0.6 is 0 Å². The fraction of sp³-hybridized carbons (Fsp3) is 0.833. The molecule has 0 aliphatic rings. The highest BCUT2D eigenvalue weighted by molar-refractivity contribution is 5.78. The number of hydrogen-bond donors (Lipinski definition) is 0. The monoisotopic (exact) mass is 270 g/mol. The fourth-order valence-electron chi connectivity index (χ4n) is 1.46. The Balaban J connectivity index is -0.000000271. The molecule has 0 heterocycles. The Hall–Kier alpha value is -0.590. The summed E-state index contributed by atoms with van der Waals surface area (Å²) in [5.41, 5.74) is 0. The fourth-order valence-corrected chi connectivity index (χ4v) is 1.46. The number of rotatable bonds is 10. The molecule has 0 spiro atoms. The maximum Gasteiger partial charge on any atom is 0.133 e. The zero-order valence-electron chi connectivity index (χ0n) is 14.3. The molecule has 0 atom stereocenters. The van der Waals surface area contributed by atoms with Crippen LogP contribution in [0.15, 0.2) is 12.7 Å². The minimum Gasteiger partial charge on any atom is -0.300 e. The average molecular weight is 271 g/mol. The second kappa shape index (κ2) is 26.1. The molecule has 0 aromatic carbocycles. The van der Waals surface area contributed by atoms with Crippen molar-refractivity contribution in [1.29, 1.82) is 0 Å². The summed E-state index contributed by atoms with van der Waals surface area (Å²) in [4.78, 5) is 11.0. The predicted octanol–water partition coefficient (Wildman–Crippen LogP) is 6.71. The third kappa shape index (κ3) is 31.8. The molecular formula is C18H38O. The number of ketones is 1. The average Bonchev–Trinajstić information content (AvgIpc) is 2.46. The lowest BCUT2D eigenvalue weighted by Crippen LogP contribution is -1.95. The molecule has 116 valence electrons. The van der Waals surface area contributed by atoms with Crippen LogP contribution in [-0.4, -0.2) is 5.78 Å². The van der Waals surface area contributed by atoms with E-state index < -0.39 is 0 Å². The molecule has 0 saturated heterocycles. The summed E-state index contributed by atoms with van der Waals surface area (Å²) < 4.78 is 0. The lowest BCUT2D eigenvalue weighted by molar-refractivity contribution is -0.119. The summed E-state index contributed by atoms with van der Waals surface area (Å²) in [6.07, 6.45) is 13.1. The van der Waals surface area contributed by atoms with Crippen molar-refractivity contribution in [1.82, 2.24) is 0 Å². The van der Waals surface area contributed by atoms with Crippen molar-refractivity contribution in [3.63, 3.8) is 0 Å². The van der Waals surface area contributed by atoms with E-state index in [-0.39, 0.29) is 0 Å². The van der Waals surface area contributed by atoms with Crippen LogP contribution in [-0.2, 0) is 4.79 Å². The highest BCUT2D eigenvalue weighted by atomic mass is 16.1. The van der Waals surface area contributed by atoms with Gasteiger partial charge in [0.15, 0.2) is 0 Å². The summed E-state index contributed by atoms with van der Waals surface area (Å²) >= 11 is 0. The molecule has 0 aromatic rings. The largest absolute Gasteiger partial charge is 0.300 e. The third-order valence-corrected chi connectivity index (χ3v) is 2.64. The molecule has 0 radical (unpaired) electrons. The zero-order valence-corrected chi connectivity index (χ0v) is 14.3. The summed E-state index contributed by atoms with van der Waals surface area (Å²) in [5, 5.41) is 0. The van der Waals surface area contributed by atoms with Crippen molar-refractivity contribution in [3.8, 4) is 0 Å². The Morgan fingerprint density at radius 1 is 0.842 bits per heavy atom. The van der Waals surface area contributed by atoms with Gasteiger partial charge in [-0.1, -0.05) is 79.2 Å². The molecule has 0 unspecified atom stereocenters. The predicted molar refractivity (Wildman–Crippen MR) is 89.7 cm³/mol. The van der Waals surface area contributed by atoms with Gasteiger partial charge in [-0.3, -0.25) is 4.79 Å². The third-order valence-electron chi connectivity index (χ3n) is 2.64.